The smallest absolute Gasteiger partial charge is 0.323 e. The number of benzene rings is 3. The number of hydrogen-bond donors (Lipinski definition) is 2. The molecule has 0 unspecified atom stereocenters. The van der Waals surface area contributed by atoms with Gasteiger partial charge in [0.2, 0.25) is 0 Å². The molecule has 4 atom stereocenters. The van der Waals surface area contributed by atoms with Crippen molar-refractivity contribution < 1.29 is 28.9 Å². The molecule has 0 bridgehead atoms. The zero-order chi connectivity index (χ0) is 34.4. The number of rotatable bonds is 10. The summed E-state index contributed by atoms with van der Waals surface area (Å²) < 4.78 is 19.0. The van der Waals surface area contributed by atoms with Crippen LogP contribution < -0.4 is 5.32 Å². The molecule has 0 radical (unpaired) electrons. The van der Waals surface area contributed by atoms with Crippen molar-refractivity contribution in [3.8, 4) is 11.1 Å². The van der Waals surface area contributed by atoms with Crippen molar-refractivity contribution in [1.29, 1.82) is 0 Å². The number of nitrogens with one attached hydrogen (secondary N) is 1. The summed E-state index contributed by atoms with van der Waals surface area (Å²) in [4.78, 5) is 32.0. The van der Waals surface area contributed by atoms with E-state index < -0.39 is 11.9 Å². The molecule has 2 aliphatic rings. The van der Waals surface area contributed by atoms with Gasteiger partial charge in [0.25, 0.3) is 5.91 Å². The Morgan fingerprint density at radius 3 is 2.43 bits per heavy atom. The highest BCUT2D eigenvalue weighted by Gasteiger charge is 2.39. The summed E-state index contributed by atoms with van der Waals surface area (Å²) in [6.45, 7) is 7.44. The number of nitrogens with zero attached hydrogens (tertiary/aromatic N) is 2. The lowest BCUT2D eigenvalue weighted by molar-refractivity contribution is -0.253. The van der Waals surface area contributed by atoms with Crippen molar-refractivity contribution in [1.82, 2.24) is 15.2 Å². The molecule has 1 aromatic heterocycles. The Hall–Kier alpha value is -4.41. The second-order valence-electron chi connectivity index (χ2n) is 13.7. The van der Waals surface area contributed by atoms with Gasteiger partial charge in [-0.2, -0.15) is 0 Å². The van der Waals surface area contributed by atoms with Crippen LogP contribution in [0.1, 0.15) is 85.0 Å². The van der Waals surface area contributed by atoms with Crippen LogP contribution in [-0.4, -0.2) is 57.7 Å². The molecule has 1 amide bonds. The summed E-state index contributed by atoms with van der Waals surface area (Å²) in [5.74, 6) is -0.358. The quantitative estimate of drug-likeness (QED) is 0.185. The number of esters is 1. The minimum Gasteiger partial charge on any atom is -0.459 e. The minimum absolute atomic E-state index is 0.0203. The van der Waals surface area contributed by atoms with Gasteiger partial charge in [-0.1, -0.05) is 72.8 Å². The largest absolute Gasteiger partial charge is 0.459 e. The lowest BCUT2D eigenvalue weighted by Crippen LogP contribution is -2.45. The Balaban J connectivity index is 1.19. The van der Waals surface area contributed by atoms with Crippen LogP contribution >= 0.6 is 0 Å². The standard InChI is InChI=1S/C40H45N3O6/c1-40(2,3)49-38(46)35-11-7-21-43(35)25-33-22-36(29-14-12-27(26-44)13-15-29)48-39(47-33)30-18-16-28(17-19-30)34-10-5-4-8-31(34)24-42-37(45)32-9-6-20-41-23-32/h4-6,8-10,12-20,23,33,35-36,39,44H,7,11,21-22,24-26H2,1-3H3,(H,42,45)/t33-,35+,36+,39+/m1/s1. The van der Waals surface area contributed by atoms with Gasteiger partial charge in [0.15, 0.2) is 6.29 Å². The number of aromatic nitrogens is 1. The second kappa shape index (κ2) is 15.4. The number of carbonyl (C=O) groups excluding carboxylic acids is 2. The normalized spacial score (nSPS) is 21.3. The first-order valence-electron chi connectivity index (χ1n) is 17.0. The van der Waals surface area contributed by atoms with Crippen LogP contribution in [0, 0.1) is 0 Å². The Morgan fingerprint density at radius 2 is 1.71 bits per heavy atom. The van der Waals surface area contributed by atoms with Gasteiger partial charge in [0.05, 0.1) is 24.4 Å². The van der Waals surface area contributed by atoms with Gasteiger partial charge in [0.1, 0.15) is 11.6 Å². The summed E-state index contributed by atoms with van der Waals surface area (Å²) in [6, 6.07) is 27.2. The fourth-order valence-corrected chi connectivity index (χ4v) is 6.53. The predicted molar refractivity (Wildman–Crippen MR) is 186 cm³/mol. The number of aliphatic hydroxyl groups is 1. The number of amides is 1. The van der Waals surface area contributed by atoms with Crippen LogP contribution in [0.4, 0.5) is 0 Å². The highest BCUT2D eigenvalue weighted by molar-refractivity contribution is 5.93. The van der Waals surface area contributed by atoms with E-state index in [9.17, 15) is 14.7 Å². The van der Waals surface area contributed by atoms with E-state index in [0.717, 1.165) is 52.8 Å². The highest BCUT2D eigenvalue weighted by atomic mass is 16.7. The molecule has 0 spiro atoms. The van der Waals surface area contributed by atoms with E-state index in [1.807, 2.05) is 81.4 Å². The SMILES string of the molecule is CC(C)(C)OC(=O)[C@@H]1CCCN1C[C@H]1C[C@@H](c2ccc(CO)cc2)O[C@@H](c2ccc(-c3ccccc3CNC(=O)c3cccnc3)cc2)O1. The topological polar surface area (TPSA) is 110 Å². The lowest BCUT2D eigenvalue weighted by Gasteiger charge is -2.38. The number of likely N-dealkylation sites (tertiary alicyclic amines) is 1. The van der Waals surface area contributed by atoms with Crippen LogP contribution in [0.15, 0.2) is 97.3 Å². The zero-order valence-electron chi connectivity index (χ0n) is 28.4. The van der Waals surface area contributed by atoms with E-state index in [-0.39, 0.29) is 36.7 Å². The van der Waals surface area contributed by atoms with Gasteiger partial charge in [-0.15, -0.1) is 0 Å². The molecule has 49 heavy (non-hydrogen) atoms. The zero-order valence-corrected chi connectivity index (χ0v) is 28.4. The van der Waals surface area contributed by atoms with Gasteiger partial charge in [-0.3, -0.25) is 19.5 Å². The van der Waals surface area contributed by atoms with E-state index in [0.29, 0.717) is 25.1 Å². The molecule has 0 aliphatic carbocycles. The first-order chi connectivity index (χ1) is 23.7. The molecule has 2 fully saturated rings. The molecule has 0 saturated carbocycles. The van der Waals surface area contributed by atoms with Crippen LogP contribution in [0.5, 0.6) is 0 Å². The average Bonchev–Trinajstić information content (AvgIpc) is 3.58. The van der Waals surface area contributed by atoms with Crippen molar-refractivity contribution in [2.45, 2.75) is 83.3 Å². The summed E-state index contributed by atoms with van der Waals surface area (Å²) in [7, 11) is 0. The van der Waals surface area contributed by atoms with Crippen molar-refractivity contribution >= 4 is 11.9 Å². The van der Waals surface area contributed by atoms with Gasteiger partial charge in [-0.25, -0.2) is 0 Å². The predicted octanol–water partition coefficient (Wildman–Crippen LogP) is 6.52. The number of hydrogen-bond acceptors (Lipinski definition) is 8. The highest BCUT2D eigenvalue weighted by Crippen LogP contribution is 2.39. The summed E-state index contributed by atoms with van der Waals surface area (Å²) in [5.41, 5.74) is 5.74. The molecule has 2 saturated heterocycles. The third-order valence-corrected chi connectivity index (χ3v) is 8.97. The summed E-state index contributed by atoms with van der Waals surface area (Å²) in [6.07, 6.45) is 4.48. The summed E-state index contributed by atoms with van der Waals surface area (Å²) >= 11 is 0. The lowest BCUT2D eigenvalue weighted by atomic mass is 9.97. The Morgan fingerprint density at radius 1 is 0.959 bits per heavy atom. The van der Waals surface area contributed by atoms with Crippen LogP contribution in [0.3, 0.4) is 0 Å². The van der Waals surface area contributed by atoms with Crippen molar-refractivity contribution in [2.75, 3.05) is 13.1 Å². The molecule has 3 aromatic carbocycles. The van der Waals surface area contributed by atoms with Crippen LogP contribution in [-0.2, 0) is 32.2 Å². The van der Waals surface area contributed by atoms with E-state index in [4.69, 9.17) is 14.2 Å². The van der Waals surface area contributed by atoms with Gasteiger partial charge < -0.3 is 24.6 Å². The van der Waals surface area contributed by atoms with E-state index in [2.05, 4.69) is 27.3 Å². The fraction of sp³-hybridized carbons (Fsp3) is 0.375. The Labute approximate surface area is 288 Å². The first-order valence-corrected chi connectivity index (χ1v) is 17.0. The monoisotopic (exact) mass is 663 g/mol. The average molecular weight is 664 g/mol. The third kappa shape index (κ3) is 8.80. The van der Waals surface area contributed by atoms with Crippen LogP contribution in [0.2, 0.25) is 0 Å². The third-order valence-electron chi connectivity index (χ3n) is 8.97. The molecule has 2 aliphatic heterocycles. The Bertz CT molecular complexity index is 1700. The molecular formula is C40H45N3O6. The molecule has 4 aromatic rings. The maximum Gasteiger partial charge on any atom is 0.323 e. The molecule has 9 nitrogen and oxygen atoms in total. The number of aliphatic hydroxyl groups excluding tert-OH is 1. The van der Waals surface area contributed by atoms with Crippen molar-refractivity contribution in [3.05, 3.63) is 125 Å². The molecule has 2 N–H and O–H groups in total. The number of pyridine rings is 1. The number of ether oxygens (including phenoxy) is 3. The molecule has 256 valence electrons. The van der Waals surface area contributed by atoms with Gasteiger partial charge >= 0.3 is 5.97 Å². The minimum atomic E-state index is -0.619. The molecule has 6 rings (SSSR count). The molecule has 3 heterocycles. The second-order valence-corrected chi connectivity index (χ2v) is 13.7. The van der Waals surface area contributed by atoms with Gasteiger partial charge in [-0.05, 0) is 80.1 Å². The van der Waals surface area contributed by atoms with E-state index in [1.165, 1.54) is 0 Å². The molecule has 9 heteroatoms. The van der Waals surface area contributed by atoms with Crippen molar-refractivity contribution in [2.24, 2.45) is 0 Å². The molecular weight excluding hydrogens is 618 g/mol. The maximum absolute atomic E-state index is 13.1. The first kappa shape index (κ1) is 34.5. The Kier molecular flexibility index (Phi) is 10.8. The van der Waals surface area contributed by atoms with E-state index >= 15 is 0 Å². The van der Waals surface area contributed by atoms with Crippen LogP contribution in [0.25, 0.3) is 11.1 Å². The fourth-order valence-electron chi connectivity index (χ4n) is 6.53. The number of carbonyl (C=O) groups is 2. The van der Waals surface area contributed by atoms with E-state index in [1.54, 1.807) is 24.5 Å². The summed E-state index contributed by atoms with van der Waals surface area (Å²) in [5, 5.41) is 12.6. The van der Waals surface area contributed by atoms with Gasteiger partial charge in [0, 0.05) is 37.5 Å². The maximum atomic E-state index is 13.1. The van der Waals surface area contributed by atoms with Crippen molar-refractivity contribution in [3.63, 3.8) is 0 Å².